The first-order valence-corrected chi connectivity index (χ1v) is 6.25. The van der Waals surface area contributed by atoms with Crippen molar-refractivity contribution in [2.45, 2.75) is 24.5 Å². The van der Waals surface area contributed by atoms with Gasteiger partial charge in [0.2, 0.25) is 0 Å². The summed E-state index contributed by atoms with van der Waals surface area (Å²) < 4.78 is 5.08. The lowest BCUT2D eigenvalue weighted by Crippen LogP contribution is -2.55. The molecule has 4 atom stereocenters. The molecule has 0 amide bonds. The van der Waals surface area contributed by atoms with Crippen molar-refractivity contribution in [3.05, 3.63) is 33.9 Å². The van der Waals surface area contributed by atoms with Gasteiger partial charge in [-0.3, -0.25) is 10.1 Å². The number of anilines is 1. The molecule has 1 saturated heterocycles. The van der Waals surface area contributed by atoms with Gasteiger partial charge in [0.15, 0.2) is 6.23 Å². The van der Waals surface area contributed by atoms with Crippen LogP contribution < -0.4 is 5.32 Å². The average Bonchev–Trinajstić information content (AvgIpc) is 2.47. The second-order valence-corrected chi connectivity index (χ2v) is 4.74. The first-order valence-electron chi connectivity index (χ1n) is 6.25. The van der Waals surface area contributed by atoms with Crippen LogP contribution in [-0.2, 0) is 4.74 Å². The van der Waals surface area contributed by atoms with Gasteiger partial charge in [0.1, 0.15) is 24.0 Å². The number of nitro benzene ring substituents is 1. The Kier molecular flexibility index (Phi) is 4.56. The van der Waals surface area contributed by atoms with Crippen LogP contribution >= 0.6 is 0 Å². The maximum atomic E-state index is 11.0. The number of nitrogens with one attached hydrogen (secondary N) is 1. The SMILES string of the molecule is O=C(O)c1ccc(NC2OCC(O)C(O)C2O)c([N+](=O)[O-])c1. The van der Waals surface area contributed by atoms with Gasteiger partial charge in [-0.15, -0.1) is 0 Å². The molecule has 0 spiro atoms. The molecule has 120 valence electrons. The molecule has 1 aromatic carbocycles. The van der Waals surface area contributed by atoms with Gasteiger partial charge in [-0.05, 0) is 12.1 Å². The van der Waals surface area contributed by atoms with Gasteiger partial charge in [0.05, 0.1) is 17.1 Å². The lowest BCUT2D eigenvalue weighted by atomic mass is 10.0. The standard InChI is InChI=1S/C12H14N2O8/c15-8-4-22-11(10(17)9(8)16)13-6-2-1-5(12(18)19)3-7(6)14(20)21/h1-3,8-11,13,15-17H,4H2,(H,18,19). The minimum Gasteiger partial charge on any atom is -0.478 e. The molecule has 1 aliphatic rings. The van der Waals surface area contributed by atoms with Crippen LogP contribution in [0.2, 0.25) is 0 Å². The fourth-order valence-electron chi connectivity index (χ4n) is 2.02. The normalized spacial score (nSPS) is 28.1. The summed E-state index contributed by atoms with van der Waals surface area (Å²) in [6, 6.07) is 3.18. The number of nitrogens with zero attached hydrogens (tertiary/aromatic N) is 1. The zero-order valence-corrected chi connectivity index (χ0v) is 11.1. The Bertz CT molecular complexity index is 592. The van der Waals surface area contributed by atoms with Crippen molar-refractivity contribution in [2.24, 2.45) is 0 Å². The van der Waals surface area contributed by atoms with E-state index < -0.39 is 41.1 Å². The Morgan fingerprint density at radius 1 is 1.32 bits per heavy atom. The number of hydrogen-bond acceptors (Lipinski definition) is 8. The molecule has 1 aromatic rings. The minimum absolute atomic E-state index is 0.0809. The van der Waals surface area contributed by atoms with Crippen LogP contribution in [-0.4, -0.2) is 62.5 Å². The number of carbonyl (C=O) groups is 1. The van der Waals surface area contributed by atoms with Crippen molar-refractivity contribution in [1.29, 1.82) is 0 Å². The summed E-state index contributed by atoms with van der Waals surface area (Å²) in [5, 5.41) is 51.1. The summed E-state index contributed by atoms with van der Waals surface area (Å²) in [7, 11) is 0. The van der Waals surface area contributed by atoms with E-state index in [9.17, 15) is 30.2 Å². The molecule has 5 N–H and O–H groups in total. The molecule has 1 aliphatic heterocycles. The molecule has 1 fully saturated rings. The Labute approximate surface area is 123 Å². The Balaban J connectivity index is 2.25. The first kappa shape index (κ1) is 16.1. The van der Waals surface area contributed by atoms with Crippen molar-refractivity contribution < 1.29 is 34.9 Å². The Morgan fingerprint density at radius 2 is 2.00 bits per heavy atom. The van der Waals surface area contributed by atoms with Gasteiger partial charge in [-0.2, -0.15) is 0 Å². The molecule has 0 saturated carbocycles. The van der Waals surface area contributed by atoms with E-state index in [-0.39, 0.29) is 17.9 Å². The highest BCUT2D eigenvalue weighted by atomic mass is 16.6. The van der Waals surface area contributed by atoms with E-state index in [1.54, 1.807) is 0 Å². The van der Waals surface area contributed by atoms with Crippen molar-refractivity contribution in [1.82, 2.24) is 0 Å². The highest BCUT2D eigenvalue weighted by Crippen LogP contribution is 2.28. The van der Waals surface area contributed by atoms with E-state index >= 15 is 0 Å². The first-order chi connectivity index (χ1) is 10.3. The average molecular weight is 314 g/mol. The summed E-state index contributed by atoms with van der Waals surface area (Å²) in [5.74, 6) is -1.32. The van der Waals surface area contributed by atoms with Gasteiger partial charge in [0.25, 0.3) is 5.69 Å². The zero-order chi connectivity index (χ0) is 16.4. The monoisotopic (exact) mass is 314 g/mol. The Hall–Kier alpha value is -2.27. The number of carboxylic acid groups (broad SMARTS) is 1. The lowest BCUT2D eigenvalue weighted by Gasteiger charge is -2.35. The van der Waals surface area contributed by atoms with Crippen molar-refractivity contribution in [2.75, 3.05) is 11.9 Å². The van der Waals surface area contributed by atoms with Gasteiger partial charge >= 0.3 is 5.97 Å². The molecular formula is C12H14N2O8. The predicted octanol–water partition coefficient (Wildman–Crippen LogP) is -0.856. The van der Waals surface area contributed by atoms with Crippen molar-refractivity contribution in [3.63, 3.8) is 0 Å². The second kappa shape index (κ2) is 6.23. The number of carboxylic acids is 1. The van der Waals surface area contributed by atoms with Crippen LogP contribution in [0.1, 0.15) is 10.4 Å². The summed E-state index contributed by atoms with van der Waals surface area (Å²) in [6.45, 7) is -0.267. The number of aromatic carboxylic acids is 1. The van der Waals surface area contributed by atoms with Crippen LogP contribution in [0.3, 0.4) is 0 Å². The summed E-state index contributed by atoms with van der Waals surface area (Å²) >= 11 is 0. The van der Waals surface area contributed by atoms with Crippen LogP contribution in [0, 0.1) is 10.1 Å². The third-order valence-electron chi connectivity index (χ3n) is 3.24. The quantitative estimate of drug-likeness (QED) is 0.351. The van der Waals surface area contributed by atoms with Gasteiger partial charge in [0, 0.05) is 6.07 Å². The van der Waals surface area contributed by atoms with Crippen LogP contribution in [0.5, 0.6) is 0 Å². The Morgan fingerprint density at radius 3 is 2.59 bits per heavy atom. The number of aliphatic hydroxyl groups is 3. The smallest absolute Gasteiger partial charge is 0.335 e. The van der Waals surface area contributed by atoms with Crippen LogP contribution in [0.15, 0.2) is 18.2 Å². The number of rotatable bonds is 4. The third kappa shape index (κ3) is 3.14. The van der Waals surface area contributed by atoms with E-state index in [0.717, 1.165) is 18.2 Å². The molecule has 22 heavy (non-hydrogen) atoms. The number of ether oxygens (including phenoxy) is 1. The molecule has 10 nitrogen and oxygen atoms in total. The molecule has 0 radical (unpaired) electrons. The molecule has 0 aliphatic carbocycles. The highest BCUT2D eigenvalue weighted by molar-refractivity contribution is 5.89. The van der Waals surface area contributed by atoms with E-state index in [0.29, 0.717) is 0 Å². The van der Waals surface area contributed by atoms with Gasteiger partial charge < -0.3 is 30.5 Å². The third-order valence-corrected chi connectivity index (χ3v) is 3.24. The van der Waals surface area contributed by atoms with Crippen molar-refractivity contribution >= 4 is 17.3 Å². The van der Waals surface area contributed by atoms with E-state index in [2.05, 4.69) is 5.32 Å². The molecule has 2 rings (SSSR count). The van der Waals surface area contributed by atoms with E-state index in [1.165, 1.54) is 0 Å². The topological polar surface area (TPSA) is 162 Å². The molecule has 0 bridgehead atoms. The fourth-order valence-corrected chi connectivity index (χ4v) is 2.02. The number of aliphatic hydroxyl groups excluding tert-OH is 3. The summed E-state index contributed by atoms with van der Waals surface area (Å²) in [5.41, 5.74) is -0.864. The van der Waals surface area contributed by atoms with E-state index in [1.807, 2.05) is 0 Å². The maximum absolute atomic E-state index is 11.0. The molecular weight excluding hydrogens is 300 g/mol. The van der Waals surface area contributed by atoms with Crippen LogP contribution in [0.25, 0.3) is 0 Å². The minimum atomic E-state index is -1.51. The van der Waals surface area contributed by atoms with E-state index in [4.69, 9.17) is 9.84 Å². The number of nitro groups is 1. The molecule has 10 heteroatoms. The largest absolute Gasteiger partial charge is 0.478 e. The van der Waals surface area contributed by atoms with Gasteiger partial charge in [-0.1, -0.05) is 0 Å². The number of benzene rings is 1. The second-order valence-electron chi connectivity index (χ2n) is 4.74. The predicted molar refractivity (Wildman–Crippen MR) is 71.4 cm³/mol. The maximum Gasteiger partial charge on any atom is 0.335 e. The summed E-state index contributed by atoms with van der Waals surface area (Å²) in [4.78, 5) is 21.1. The highest BCUT2D eigenvalue weighted by Gasteiger charge is 2.38. The zero-order valence-electron chi connectivity index (χ0n) is 11.1. The fraction of sp³-hybridized carbons (Fsp3) is 0.417. The lowest BCUT2D eigenvalue weighted by molar-refractivity contribution is -0.384. The number of hydrogen-bond donors (Lipinski definition) is 5. The van der Waals surface area contributed by atoms with Crippen LogP contribution in [0.4, 0.5) is 11.4 Å². The summed E-state index contributed by atoms with van der Waals surface area (Å²) in [6.07, 6.45) is -5.43. The van der Waals surface area contributed by atoms with Gasteiger partial charge in [-0.25, -0.2) is 4.79 Å². The molecule has 1 heterocycles. The molecule has 4 unspecified atom stereocenters. The van der Waals surface area contributed by atoms with Crippen molar-refractivity contribution in [3.8, 4) is 0 Å². The molecule has 0 aromatic heterocycles.